The van der Waals surface area contributed by atoms with Crippen LogP contribution in [0.3, 0.4) is 0 Å². The van der Waals surface area contributed by atoms with Crippen LogP contribution in [0.5, 0.6) is 5.75 Å². The largest absolute Gasteiger partial charge is 0.492 e. The third-order valence-electron chi connectivity index (χ3n) is 1.79. The van der Waals surface area contributed by atoms with Crippen molar-refractivity contribution in [3.63, 3.8) is 0 Å². The fraction of sp³-hybridized carbons (Fsp3) is 0.300. The van der Waals surface area contributed by atoms with Gasteiger partial charge in [-0.1, -0.05) is 0 Å². The first-order chi connectivity index (χ1) is 7.11. The van der Waals surface area contributed by atoms with E-state index < -0.39 is 11.6 Å². The number of hydrogen-bond acceptors (Lipinski definition) is 2. The highest BCUT2D eigenvalue weighted by molar-refractivity contribution is 9.10. The normalized spacial score (nSPS) is 10.1. The van der Waals surface area contributed by atoms with Gasteiger partial charge in [0.15, 0.2) is 11.6 Å². The zero-order valence-electron chi connectivity index (χ0n) is 8.02. The van der Waals surface area contributed by atoms with E-state index in [1.807, 2.05) is 0 Å². The average Bonchev–Trinajstić information content (AvgIpc) is 2.21. The van der Waals surface area contributed by atoms with E-state index in [-0.39, 0.29) is 16.6 Å². The fourth-order valence-corrected chi connectivity index (χ4v) is 1.73. The first kappa shape index (κ1) is 12.1. The number of aldehydes is 1. The van der Waals surface area contributed by atoms with E-state index in [4.69, 9.17) is 4.74 Å². The standard InChI is InChI=1S/C10H9BrF2O2/c1-2-15-10-6(3-4-14)5-7(12)9(13)8(10)11/h4-5H,2-3H2,1H3. The summed E-state index contributed by atoms with van der Waals surface area (Å²) in [7, 11) is 0. The Morgan fingerprint density at radius 1 is 1.53 bits per heavy atom. The molecule has 0 radical (unpaired) electrons. The molecule has 82 valence electrons. The smallest absolute Gasteiger partial charge is 0.176 e. The molecule has 0 spiro atoms. The van der Waals surface area contributed by atoms with Crippen LogP contribution >= 0.6 is 15.9 Å². The molecule has 0 saturated carbocycles. The maximum Gasteiger partial charge on any atom is 0.176 e. The Balaban J connectivity index is 3.29. The van der Waals surface area contributed by atoms with Crippen molar-refractivity contribution in [3.05, 3.63) is 27.7 Å². The molecule has 1 aromatic carbocycles. The molecule has 5 heteroatoms. The van der Waals surface area contributed by atoms with Gasteiger partial charge >= 0.3 is 0 Å². The second kappa shape index (κ2) is 5.21. The lowest BCUT2D eigenvalue weighted by Crippen LogP contribution is -2.02. The van der Waals surface area contributed by atoms with Crippen LogP contribution in [0.4, 0.5) is 8.78 Å². The van der Waals surface area contributed by atoms with Crippen LogP contribution in [0, 0.1) is 11.6 Å². The Morgan fingerprint density at radius 3 is 2.73 bits per heavy atom. The van der Waals surface area contributed by atoms with E-state index >= 15 is 0 Å². The molecule has 0 aliphatic carbocycles. The van der Waals surface area contributed by atoms with Crippen LogP contribution < -0.4 is 4.74 Å². The van der Waals surface area contributed by atoms with Crippen LogP contribution in [0.2, 0.25) is 0 Å². The van der Waals surface area contributed by atoms with Gasteiger partial charge in [-0.05, 0) is 28.9 Å². The second-order valence-corrected chi connectivity index (χ2v) is 3.57. The SMILES string of the molecule is CCOc1c(CC=O)cc(F)c(F)c1Br. The summed E-state index contributed by atoms with van der Waals surface area (Å²) in [5.74, 6) is -1.82. The van der Waals surface area contributed by atoms with Crippen LogP contribution in [-0.4, -0.2) is 12.9 Å². The number of benzene rings is 1. The molecular weight excluding hydrogens is 270 g/mol. The summed E-state index contributed by atoms with van der Waals surface area (Å²) in [5.41, 5.74) is 0.331. The monoisotopic (exact) mass is 278 g/mol. The molecule has 0 aliphatic heterocycles. The highest BCUT2D eigenvalue weighted by Crippen LogP contribution is 2.33. The lowest BCUT2D eigenvalue weighted by molar-refractivity contribution is -0.107. The number of halogens is 3. The van der Waals surface area contributed by atoms with Gasteiger partial charge in [0.05, 0.1) is 11.1 Å². The van der Waals surface area contributed by atoms with E-state index in [0.29, 0.717) is 18.5 Å². The maximum absolute atomic E-state index is 13.1. The average molecular weight is 279 g/mol. The quantitative estimate of drug-likeness (QED) is 0.625. The molecule has 0 aliphatic rings. The Labute approximate surface area is 94.4 Å². The number of carbonyl (C=O) groups excluding carboxylic acids is 1. The molecule has 0 heterocycles. The third kappa shape index (κ3) is 2.53. The molecular formula is C10H9BrF2O2. The van der Waals surface area contributed by atoms with Crippen molar-refractivity contribution >= 4 is 22.2 Å². The number of rotatable bonds is 4. The second-order valence-electron chi connectivity index (χ2n) is 2.78. The van der Waals surface area contributed by atoms with Crippen molar-refractivity contribution in [2.45, 2.75) is 13.3 Å². The summed E-state index contributed by atoms with van der Waals surface area (Å²) in [6.07, 6.45) is 0.604. The number of hydrogen-bond donors (Lipinski definition) is 0. The summed E-state index contributed by atoms with van der Waals surface area (Å²) in [6, 6.07) is 0.972. The van der Waals surface area contributed by atoms with Gasteiger partial charge in [-0.3, -0.25) is 0 Å². The highest BCUT2D eigenvalue weighted by atomic mass is 79.9. The lowest BCUT2D eigenvalue weighted by atomic mass is 10.1. The topological polar surface area (TPSA) is 26.3 Å². The van der Waals surface area contributed by atoms with E-state index in [2.05, 4.69) is 15.9 Å². The summed E-state index contributed by atoms with van der Waals surface area (Å²) in [6.45, 7) is 2.04. The summed E-state index contributed by atoms with van der Waals surface area (Å²) in [4.78, 5) is 10.4. The van der Waals surface area contributed by atoms with Crippen LogP contribution in [0.1, 0.15) is 12.5 Å². The molecule has 0 amide bonds. The van der Waals surface area contributed by atoms with E-state index in [9.17, 15) is 13.6 Å². The molecule has 1 rings (SSSR count). The third-order valence-corrected chi connectivity index (χ3v) is 2.49. The van der Waals surface area contributed by atoms with E-state index in [0.717, 1.165) is 6.07 Å². The molecule has 15 heavy (non-hydrogen) atoms. The molecule has 1 aromatic rings. The number of carbonyl (C=O) groups is 1. The molecule has 0 aromatic heterocycles. The zero-order chi connectivity index (χ0) is 11.4. The van der Waals surface area contributed by atoms with Crippen molar-refractivity contribution in [3.8, 4) is 5.75 Å². The first-order valence-corrected chi connectivity index (χ1v) is 5.13. The van der Waals surface area contributed by atoms with Gasteiger partial charge in [-0.2, -0.15) is 0 Å². The van der Waals surface area contributed by atoms with E-state index in [1.165, 1.54) is 0 Å². The Bertz CT molecular complexity index is 380. The first-order valence-electron chi connectivity index (χ1n) is 4.34. The molecule has 0 bridgehead atoms. The molecule has 0 atom stereocenters. The number of ether oxygens (including phenoxy) is 1. The van der Waals surface area contributed by atoms with Crippen molar-refractivity contribution in [1.82, 2.24) is 0 Å². The Morgan fingerprint density at radius 2 is 2.20 bits per heavy atom. The van der Waals surface area contributed by atoms with Crippen molar-refractivity contribution in [2.75, 3.05) is 6.61 Å². The van der Waals surface area contributed by atoms with Crippen LogP contribution in [-0.2, 0) is 11.2 Å². The molecule has 0 fully saturated rings. The predicted octanol–water partition coefficient (Wildman–Crippen LogP) is 2.87. The molecule has 0 unspecified atom stereocenters. The predicted molar refractivity (Wildman–Crippen MR) is 55.0 cm³/mol. The Hall–Kier alpha value is -0.970. The zero-order valence-corrected chi connectivity index (χ0v) is 9.61. The van der Waals surface area contributed by atoms with Gasteiger partial charge in [-0.15, -0.1) is 0 Å². The van der Waals surface area contributed by atoms with Gasteiger partial charge in [-0.25, -0.2) is 8.78 Å². The van der Waals surface area contributed by atoms with Crippen LogP contribution in [0.25, 0.3) is 0 Å². The minimum atomic E-state index is -1.01. The van der Waals surface area contributed by atoms with Crippen molar-refractivity contribution in [2.24, 2.45) is 0 Å². The lowest BCUT2D eigenvalue weighted by Gasteiger charge is -2.11. The molecule has 0 N–H and O–H groups in total. The van der Waals surface area contributed by atoms with Crippen molar-refractivity contribution < 1.29 is 18.3 Å². The minimum absolute atomic E-state index is 0.00880. The van der Waals surface area contributed by atoms with Gasteiger partial charge < -0.3 is 9.53 Å². The molecule has 2 nitrogen and oxygen atoms in total. The fourth-order valence-electron chi connectivity index (χ4n) is 1.17. The summed E-state index contributed by atoms with van der Waals surface area (Å²) < 4.78 is 31.2. The van der Waals surface area contributed by atoms with Crippen LogP contribution in [0.15, 0.2) is 10.5 Å². The van der Waals surface area contributed by atoms with Crippen molar-refractivity contribution in [1.29, 1.82) is 0 Å². The van der Waals surface area contributed by atoms with E-state index in [1.54, 1.807) is 6.92 Å². The Kier molecular flexibility index (Phi) is 4.20. The van der Waals surface area contributed by atoms with Gasteiger partial charge in [0.2, 0.25) is 0 Å². The van der Waals surface area contributed by atoms with Gasteiger partial charge in [0.25, 0.3) is 0 Å². The van der Waals surface area contributed by atoms with Gasteiger partial charge in [0, 0.05) is 12.0 Å². The summed E-state index contributed by atoms with van der Waals surface area (Å²) in [5, 5.41) is 0. The minimum Gasteiger partial charge on any atom is -0.492 e. The summed E-state index contributed by atoms with van der Waals surface area (Å²) >= 11 is 2.90. The highest BCUT2D eigenvalue weighted by Gasteiger charge is 2.17. The molecule has 0 saturated heterocycles. The maximum atomic E-state index is 13.1. The van der Waals surface area contributed by atoms with Gasteiger partial charge in [0.1, 0.15) is 12.0 Å².